The Kier molecular flexibility index (Phi) is 4.22. The van der Waals surface area contributed by atoms with Gasteiger partial charge in [0.1, 0.15) is 6.61 Å². The van der Waals surface area contributed by atoms with Crippen molar-refractivity contribution in [3.05, 3.63) is 35.9 Å². The van der Waals surface area contributed by atoms with Crippen molar-refractivity contribution in [2.45, 2.75) is 24.8 Å². The molecule has 1 aromatic carbocycles. The summed E-state index contributed by atoms with van der Waals surface area (Å²) in [5.74, 6) is -2.40. The van der Waals surface area contributed by atoms with Crippen LogP contribution in [0.25, 0.3) is 0 Å². The molecule has 2 amide bonds. The number of Topliss-reactive ketones (excluding diaryl/α,β-unsaturated/α-hetero) is 1. The van der Waals surface area contributed by atoms with E-state index in [0.29, 0.717) is 10.5 Å². The fourth-order valence-electron chi connectivity index (χ4n) is 2.82. The molecule has 11 heteroatoms. The normalized spacial score (nSPS) is 25.6. The molecule has 2 unspecified atom stereocenters. The van der Waals surface area contributed by atoms with Gasteiger partial charge in [0.2, 0.25) is 5.78 Å². The van der Waals surface area contributed by atoms with Crippen molar-refractivity contribution in [1.29, 1.82) is 0 Å². The SMILES string of the molecule is O=C1NC2CC(=O)C(OS(=O)(=O)O)(C(=O)OCc3ccccc3)N1C2. The molecule has 10 nitrogen and oxygen atoms in total. The van der Waals surface area contributed by atoms with E-state index in [0.717, 1.165) is 0 Å². The van der Waals surface area contributed by atoms with E-state index in [1.165, 1.54) is 0 Å². The van der Waals surface area contributed by atoms with Crippen LogP contribution in [0.15, 0.2) is 30.3 Å². The van der Waals surface area contributed by atoms with Crippen molar-refractivity contribution in [1.82, 2.24) is 10.2 Å². The number of hydrogen-bond donors (Lipinski definition) is 2. The number of amides is 2. The van der Waals surface area contributed by atoms with E-state index in [-0.39, 0.29) is 19.6 Å². The van der Waals surface area contributed by atoms with Gasteiger partial charge in [0.15, 0.2) is 0 Å². The first-order valence-electron chi connectivity index (χ1n) is 7.23. The first kappa shape index (κ1) is 17.3. The van der Waals surface area contributed by atoms with Gasteiger partial charge >= 0.3 is 28.1 Å². The van der Waals surface area contributed by atoms with Crippen LogP contribution in [0.5, 0.6) is 0 Å². The molecule has 2 N–H and O–H groups in total. The standard InChI is InChI=1S/C14H14N2O8S/c17-11-6-10-7-16(13(19)15-10)14(11,24-25(20,21)22)12(18)23-8-9-4-2-1-3-5-9/h1-5,10H,6-8H2,(H,15,19)(H,20,21,22). The number of nitrogens with one attached hydrogen (secondary N) is 1. The summed E-state index contributed by atoms with van der Waals surface area (Å²) in [7, 11) is -5.23. The summed E-state index contributed by atoms with van der Waals surface area (Å²) >= 11 is 0. The van der Waals surface area contributed by atoms with E-state index >= 15 is 0 Å². The fourth-order valence-corrected chi connectivity index (χ4v) is 3.38. The van der Waals surface area contributed by atoms with E-state index < -0.39 is 39.9 Å². The molecule has 2 atom stereocenters. The number of urea groups is 1. The Balaban J connectivity index is 1.92. The van der Waals surface area contributed by atoms with E-state index in [4.69, 9.17) is 9.29 Å². The Morgan fingerprint density at radius 1 is 1.32 bits per heavy atom. The topological polar surface area (TPSA) is 139 Å². The minimum atomic E-state index is -5.23. The molecule has 2 fully saturated rings. The second-order valence-corrected chi connectivity index (χ2v) is 6.62. The first-order valence-corrected chi connectivity index (χ1v) is 8.59. The molecule has 2 saturated heterocycles. The molecular formula is C14H14N2O8S. The highest BCUT2D eigenvalue weighted by Gasteiger charge is 2.64. The average Bonchev–Trinajstić information content (AvgIpc) is 2.86. The van der Waals surface area contributed by atoms with Crippen LogP contribution in [-0.2, 0) is 35.5 Å². The predicted octanol–water partition coefficient (Wildman–Crippen LogP) is -0.388. The molecule has 0 radical (unpaired) electrons. The average molecular weight is 370 g/mol. The van der Waals surface area contributed by atoms with E-state index in [1.54, 1.807) is 30.3 Å². The van der Waals surface area contributed by atoms with Crippen molar-refractivity contribution in [3.8, 4) is 0 Å². The molecular weight excluding hydrogens is 356 g/mol. The number of ether oxygens (including phenoxy) is 1. The zero-order chi connectivity index (χ0) is 18.2. The number of benzene rings is 1. The summed E-state index contributed by atoms with van der Waals surface area (Å²) < 4.78 is 40.9. The first-order chi connectivity index (χ1) is 11.7. The van der Waals surface area contributed by atoms with Gasteiger partial charge in [0, 0.05) is 13.0 Å². The van der Waals surface area contributed by atoms with E-state index in [9.17, 15) is 22.8 Å². The van der Waals surface area contributed by atoms with Gasteiger partial charge in [-0.3, -0.25) is 14.2 Å². The second-order valence-electron chi connectivity index (χ2n) is 5.60. The molecule has 0 aliphatic carbocycles. The lowest BCUT2D eigenvalue weighted by Gasteiger charge is -2.37. The number of piperidine rings is 1. The van der Waals surface area contributed by atoms with E-state index in [1.807, 2.05) is 0 Å². The van der Waals surface area contributed by atoms with Crippen LogP contribution >= 0.6 is 0 Å². The number of esters is 1. The van der Waals surface area contributed by atoms with Gasteiger partial charge < -0.3 is 10.1 Å². The summed E-state index contributed by atoms with van der Waals surface area (Å²) in [6.07, 6.45) is -0.335. The van der Waals surface area contributed by atoms with Crippen molar-refractivity contribution >= 4 is 28.2 Å². The number of nitrogens with zero attached hydrogens (tertiary/aromatic N) is 1. The molecule has 0 aromatic heterocycles. The van der Waals surface area contributed by atoms with Crippen molar-refractivity contribution in [2.75, 3.05) is 6.54 Å². The Hall–Kier alpha value is -2.50. The highest BCUT2D eigenvalue weighted by Crippen LogP contribution is 2.33. The molecule has 2 heterocycles. The lowest BCUT2D eigenvalue weighted by atomic mass is 9.96. The lowest BCUT2D eigenvalue weighted by Crippen LogP contribution is -2.65. The third kappa shape index (κ3) is 3.21. The summed E-state index contributed by atoms with van der Waals surface area (Å²) in [6.45, 7) is -0.414. The molecule has 1 aromatic rings. The number of ketones is 1. The van der Waals surface area contributed by atoms with Gasteiger partial charge in [-0.15, -0.1) is 0 Å². The highest BCUT2D eigenvalue weighted by molar-refractivity contribution is 7.81. The Labute approximate surface area is 142 Å². The minimum Gasteiger partial charge on any atom is -0.457 e. The molecule has 0 saturated carbocycles. The van der Waals surface area contributed by atoms with Gasteiger partial charge in [-0.1, -0.05) is 30.3 Å². The van der Waals surface area contributed by atoms with Crippen LogP contribution in [0.2, 0.25) is 0 Å². The van der Waals surface area contributed by atoms with Crippen molar-refractivity contribution < 1.29 is 36.3 Å². The molecule has 2 aliphatic heterocycles. The number of carbonyl (C=O) groups is 3. The van der Waals surface area contributed by atoms with Gasteiger partial charge in [0.25, 0.3) is 0 Å². The molecule has 2 bridgehead atoms. The molecule has 25 heavy (non-hydrogen) atoms. The van der Waals surface area contributed by atoms with Crippen LogP contribution in [-0.4, -0.2) is 54.0 Å². The number of rotatable bonds is 5. The molecule has 134 valence electrons. The monoisotopic (exact) mass is 370 g/mol. The fraction of sp³-hybridized carbons (Fsp3) is 0.357. The lowest BCUT2D eigenvalue weighted by molar-refractivity contribution is -0.185. The van der Waals surface area contributed by atoms with E-state index in [2.05, 4.69) is 9.50 Å². The zero-order valence-electron chi connectivity index (χ0n) is 12.7. The third-order valence-electron chi connectivity index (χ3n) is 3.88. The number of carbonyl (C=O) groups excluding carboxylic acids is 3. The molecule has 2 aliphatic rings. The van der Waals surface area contributed by atoms with Gasteiger partial charge in [-0.05, 0) is 5.56 Å². The quantitative estimate of drug-likeness (QED) is 0.406. The highest BCUT2D eigenvalue weighted by atomic mass is 32.3. The Morgan fingerprint density at radius 3 is 2.64 bits per heavy atom. The van der Waals surface area contributed by atoms with Crippen LogP contribution < -0.4 is 5.32 Å². The maximum atomic E-state index is 12.5. The molecule has 3 rings (SSSR count). The molecule has 0 spiro atoms. The van der Waals surface area contributed by atoms with Gasteiger partial charge in [-0.2, -0.15) is 12.6 Å². The van der Waals surface area contributed by atoms with Crippen molar-refractivity contribution in [3.63, 3.8) is 0 Å². The maximum absolute atomic E-state index is 12.5. The van der Waals surface area contributed by atoms with Crippen LogP contribution in [0, 0.1) is 0 Å². The third-order valence-corrected chi connectivity index (χ3v) is 4.33. The number of fused-ring (bicyclic) bond motifs is 2. The maximum Gasteiger partial charge on any atom is 0.400 e. The summed E-state index contributed by atoms with van der Waals surface area (Å²) in [4.78, 5) is 37.6. The Bertz CT molecular complexity index is 824. The van der Waals surface area contributed by atoms with Gasteiger partial charge in [0.05, 0.1) is 6.04 Å². The summed E-state index contributed by atoms with van der Waals surface area (Å²) in [5.41, 5.74) is -2.30. The largest absolute Gasteiger partial charge is 0.457 e. The smallest absolute Gasteiger partial charge is 0.400 e. The summed E-state index contributed by atoms with van der Waals surface area (Å²) in [6, 6.07) is 6.98. The van der Waals surface area contributed by atoms with Gasteiger partial charge in [-0.25, -0.2) is 9.59 Å². The predicted molar refractivity (Wildman–Crippen MR) is 80.3 cm³/mol. The van der Waals surface area contributed by atoms with Crippen LogP contribution in [0.3, 0.4) is 0 Å². The zero-order valence-corrected chi connectivity index (χ0v) is 13.6. The van der Waals surface area contributed by atoms with Crippen LogP contribution in [0.1, 0.15) is 12.0 Å². The minimum absolute atomic E-state index is 0.138. The number of hydrogen-bond acceptors (Lipinski definition) is 7. The van der Waals surface area contributed by atoms with Crippen molar-refractivity contribution in [2.24, 2.45) is 0 Å². The van der Waals surface area contributed by atoms with Crippen LogP contribution in [0.4, 0.5) is 4.79 Å². The summed E-state index contributed by atoms with van der Waals surface area (Å²) in [5, 5.41) is 2.42. The Morgan fingerprint density at radius 2 is 2.00 bits per heavy atom. The second kappa shape index (κ2) is 6.10.